The van der Waals surface area contributed by atoms with Gasteiger partial charge < -0.3 is 10.2 Å². The van der Waals surface area contributed by atoms with E-state index in [2.05, 4.69) is 21.3 Å². The fourth-order valence-electron chi connectivity index (χ4n) is 3.51. The fraction of sp³-hybridized carbons (Fsp3) is 0.588. The molecule has 0 saturated carbocycles. The number of fused-ring (bicyclic) bond motifs is 1. The minimum absolute atomic E-state index is 0.823. The van der Waals surface area contributed by atoms with E-state index in [0.717, 1.165) is 63.4 Å². The van der Waals surface area contributed by atoms with Crippen molar-refractivity contribution in [3.63, 3.8) is 0 Å². The zero-order valence-corrected chi connectivity index (χ0v) is 13.0. The molecule has 3 heterocycles. The van der Waals surface area contributed by atoms with Crippen LogP contribution in [0.5, 0.6) is 0 Å². The summed E-state index contributed by atoms with van der Waals surface area (Å²) in [4.78, 5) is 16.7. The fourth-order valence-corrected chi connectivity index (χ4v) is 3.51. The molecular formula is C17H23N5. The van der Waals surface area contributed by atoms with Crippen LogP contribution in [-0.4, -0.2) is 42.4 Å². The highest BCUT2D eigenvalue weighted by molar-refractivity contribution is 5.74. The highest BCUT2D eigenvalue weighted by Gasteiger charge is 2.24. The molecule has 0 amide bonds. The molecule has 1 aromatic rings. The van der Waals surface area contributed by atoms with Crippen LogP contribution in [0.25, 0.3) is 5.70 Å². The molecule has 0 unspecified atom stereocenters. The van der Waals surface area contributed by atoms with Gasteiger partial charge in [0.2, 0.25) is 0 Å². The lowest BCUT2D eigenvalue weighted by Crippen LogP contribution is -2.30. The second kappa shape index (κ2) is 6.16. The number of nitrogens with zero attached hydrogens (tertiary/aromatic N) is 4. The van der Waals surface area contributed by atoms with Gasteiger partial charge in [-0.3, -0.25) is 4.99 Å². The Labute approximate surface area is 131 Å². The van der Waals surface area contributed by atoms with Gasteiger partial charge in [-0.2, -0.15) is 0 Å². The molecule has 3 aliphatic rings. The topological polar surface area (TPSA) is 53.4 Å². The van der Waals surface area contributed by atoms with Gasteiger partial charge in [0.15, 0.2) is 5.82 Å². The van der Waals surface area contributed by atoms with E-state index < -0.39 is 0 Å². The van der Waals surface area contributed by atoms with Crippen LogP contribution in [0, 0.1) is 0 Å². The van der Waals surface area contributed by atoms with Crippen molar-refractivity contribution in [2.45, 2.75) is 38.5 Å². The summed E-state index contributed by atoms with van der Waals surface area (Å²) in [5.74, 6) is 1.99. The zero-order valence-electron chi connectivity index (χ0n) is 13.0. The molecule has 4 rings (SSSR count). The molecule has 22 heavy (non-hydrogen) atoms. The van der Waals surface area contributed by atoms with E-state index in [9.17, 15) is 0 Å². The molecule has 1 N–H and O–H groups in total. The predicted octanol–water partition coefficient (Wildman–Crippen LogP) is 1.97. The molecule has 0 aromatic carbocycles. The van der Waals surface area contributed by atoms with Gasteiger partial charge in [-0.15, -0.1) is 0 Å². The Balaban J connectivity index is 1.74. The van der Waals surface area contributed by atoms with Gasteiger partial charge in [-0.1, -0.05) is 6.08 Å². The second-order valence-electron chi connectivity index (χ2n) is 6.22. The predicted molar refractivity (Wildman–Crippen MR) is 89.5 cm³/mol. The number of nitrogens with one attached hydrogen (secondary N) is 1. The van der Waals surface area contributed by atoms with Crippen LogP contribution in [0.3, 0.4) is 0 Å². The third kappa shape index (κ3) is 2.65. The lowest BCUT2D eigenvalue weighted by molar-refractivity contribution is 0.724. The van der Waals surface area contributed by atoms with Crippen LogP contribution in [0.4, 0.5) is 5.82 Å². The van der Waals surface area contributed by atoms with Gasteiger partial charge in [-0.25, -0.2) is 9.97 Å². The average molecular weight is 297 g/mol. The number of hydrogen-bond donors (Lipinski definition) is 1. The Morgan fingerprint density at radius 3 is 2.91 bits per heavy atom. The second-order valence-corrected chi connectivity index (χ2v) is 6.22. The van der Waals surface area contributed by atoms with Gasteiger partial charge in [0.1, 0.15) is 11.5 Å². The van der Waals surface area contributed by atoms with Crippen LogP contribution in [0.2, 0.25) is 0 Å². The molecule has 5 nitrogen and oxygen atoms in total. The minimum atomic E-state index is 0.823. The zero-order chi connectivity index (χ0) is 14.8. The van der Waals surface area contributed by atoms with Crippen molar-refractivity contribution >= 4 is 17.7 Å². The van der Waals surface area contributed by atoms with Crippen LogP contribution in [0.1, 0.15) is 42.8 Å². The molecule has 1 aromatic heterocycles. The van der Waals surface area contributed by atoms with Crippen molar-refractivity contribution < 1.29 is 0 Å². The monoisotopic (exact) mass is 297 g/mol. The van der Waals surface area contributed by atoms with Crippen LogP contribution in [-0.2, 0) is 12.8 Å². The smallest absolute Gasteiger partial charge is 0.180 e. The van der Waals surface area contributed by atoms with Crippen LogP contribution < -0.4 is 10.2 Å². The summed E-state index contributed by atoms with van der Waals surface area (Å²) in [5, 5.41) is 3.47. The Kier molecular flexibility index (Phi) is 3.89. The van der Waals surface area contributed by atoms with Crippen molar-refractivity contribution in [3.8, 4) is 0 Å². The standard InChI is InChI=1S/C17H23N5/c1-2-9-19-15(6-1)16-20-14-7-3-5-13(14)17(21-16)22-11-4-8-18-10-12-22/h6,9,18H,1-5,7-8,10-12H2. The highest BCUT2D eigenvalue weighted by atomic mass is 15.2. The Bertz CT molecular complexity index is 612. The van der Waals surface area contributed by atoms with Gasteiger partial charge in [0.05, 0.1) is 0 Å². The Hall–Kier alpha value is -1.75. The SMILES string of the molecule is C1=NC(c2nc3c(c(N4CCCNCC4)n2)CCC3)=CCC1. The average Bonchev–Trinajstić information content (AvgIpc) is 2.88. The van der Waals surface area contributed by atoms with Gasteiger partial charge >= 0.3 is 0 Å². The number of anilines is 1. The van der Waals surface area contributed by atoms with E-state index in [0.29, 0.717) is 0 Å². The maximum Gasteiger partial charge on any atom is 0.180 e. The summed E-state index contributed by atoms with van der Waals surface area (Å²) < 4.78 is 0. The van der Waals surface area contributed by atoms with E-state index in [-0.39, 0.29) is 0 Å². The summed E-state index contributed by atoms with van der Waals surface area (Å²) >= 11 is 0. The maximum atomic E-state index is 4.94. The highest BCUT2D eigenvalue weighted by Crippen LogP contribution is 2.31. The van der Waals surface area contributed by atoms with E-state index in [1.165, 1.54) is 29.9 Å². The number of allylic oxidation sites excluding steroid dienone is 1. The largest absolute Gasteiger partial charge is 0.355 e. The molecule has 0 spiro atoms. The van der Waals surface area contributed by atoms with E-state index in [1.807, 2.05) is 6.21 Å². The van der Waals surface area contributed by atoms with Crippen LogP contribution in [0.15, 0.2) is 11.1 Å². The van der Waals surface area contributed by atoms with Gasteiger partial charge in [0.25, 0.3) is 0 Å². The minimum Gasteiger partial charge on any atom is -0.355 e. The molecular weight excluding hydrogens is 274 g/mol. The Morgan fingerprint density at radius 1 is 1.00 bits per heavy atom. The number of aliphatic imine (C=N–C) groups is 1. The molecule has 116 valence electrons. The van der Waals surface area contributed by atoms with E-state index in [4.69, 9.17) is 9.97 Å². The van der Waals surface area contributed by atoms with Gasteiger partial charge in [0, 0.05) is 37.1 Å². The quantitative estimate of drug-likeness (QED) is 0.907. The van der Waals surface area contributed by atoms with E-state index in [1.54, 1.807) is 0 Å². The first kappa shape index (κ1) is 13.9. The van der Waals surface area contributed by atoms with Crippen molar-refractivity contribution in [1.29, 1.82) is 0 Å². The molecule has 1 aliphatic carbocycles. The normalized spacial score (nSPS) is 21.5. The van der Waals surface area contributed by atoms with Gasteiger partial charge in [-0.05, 0) is 45.1 Å². The summed E-state index contributed by atoms with van der Waals surface area (Å²) in [7, 11) is 0. The number of aromatic nitrogens is 2. The third-order valence-electron chi connectivity index (χ3n) is 4.64. The van der Waals surface area contributed by atoms with Crippen molar-refractivity contribution in [1.82, 2.24) is 15.3 Å². The summed E-state index contributed by atoms with van der Waals surface area (Å²) in [6, 6.07) is 0. The maximum absolute atomic E-state index is 4.94. The molecule has 1 saturated heterocycles. The summed E-state index contributed by atoms with van der Waals surface area (Å²) in [5.41, 5.74) is 3.58. The molecule has 0 radical (unpaired) electrons. The van der Waals surface area contributed by atoms with Crippen LogP contribution >= 0.6 is 0 Å². The van der Waals surface area contributed by atoms with E-state index >= 15 is 0 Å². The molecule has 0 atom stereocenters. The molecule has 5 heteroatoms. The first-order valence-electron chi connectivity index (χ1n) is 8.50. The lowest BCUT2D eigenvalue weighted by atomic mass is 10.2. The molecule has 1 fully saturated rings. The first-order valence-corrected chi connectivity index (χ1v) is 8.50. The molecule has 0 bridgehead atoms. The number of hydrogen-bond acceptors (Lipinski definition) is 5. The summed E-state index contributed by atoms with van der Waals surface area (Å²) in [6.07, 6.45) is 10.8. The number of aryl methyl sites for hydroxylation is 1. The van der Waals surface area contributed by atoms with Crippen molar-refractivity contribution in [2.75, 3.05) is 31.1 Å². The number of rotatable bonds is 2. The summed E-state index contributed by atoms with van der Waals surface area (Å²) in [6.45, 7) is 4.25. The lowest BCUT2D eigenvalue weighted by Gasteiger charge is -2.24. The molecule has 2 aliphatic heterocycles. The van der Waals surface area contributed by atoms with Crippen molar-refractivity contribution in [2.24, 2.45) is 4.99 Å². The third-order valence-corrected chi connectivity index (χ3v) is 4.64. The first-order chi connectivity index (χ1) is 10.9. The Morgan fingerprint density at radius 2 is 2.00 bits per heavy atom. The van der Waals surface area contributed by atoms with Crippen molar-refractivity contribution in [3.05, 3.63) is 23.2 Å².